The number of hydrogen-bond donors (Lipinski definition) is 4. The summed E-state index contributed by atoms with van der Waals surface area (Å²) in [6, 6.07) is 16.8. The van der Waals surface area contributed by atoms with Crippen molar-refractivity contribution in [2.75, 3.05) is 26.3 Å². The summed E-state index contributed by atoms with van der Waals surface area (Å²) < 4.78 is 46.2. The van der Waals surface area contributed by atoms with Crippen molar-refractivity contribution < 1.29 is 47.0 Å². The molecule has 2 unspecified atom stereocenters. The number of aliphatic hydroxyl groups excluding tert-OH is 2. The second-order valence-electron chi connectivity index (χ2n) is 19.7. The van der Waals surface area contributed by atoms with Gasteiger partial charge < -0.3 is 38.6 Å². The van der Waals surface area contributed by atoms with Crippen molar-refractivity contribution in [3.8, 4) is 11.5 Å². The van der Waals surface area contributed by atoms with Crippen LogP contribution in [0.25, 0.3) is 0 Å². The first kappa shape index (κ1) is 48.9. The van der Waals surface area contributed by atoms with Gasteiger partial charge in [0.25, 0.3) is 0 Å². The summed E-state index contributed by atoms with van der Waals surface area (Å²) in [4.78, 5) is 2.78. The number of benzene rings is 2. The molecule has 10 nitrogen and oxygen atoms in total. The van der Waals surface area contributed by atoms with Gasteiger partial charge in [-0.1, -0.05) is 62.1 Å². The van der Waals surface area contributed by atoms with E-state index in [0.29, 0.717) is 38.1 Å². The number of para-hydroxylation sites is 2. The number of ether oxygens (including phenoxy) is 2. The van der Waals surface area contributed by atoms with Crippen molar-refractivity contribution in [1.29, 1.82) is 0 Å². The Bertz CT molecular complexity index is 1370. The highest BCUT2D eigenvalue weighted by atomic mass is 32.3. The second kappa shape index (κ2) is 21.0. The largest absolute Gasteiger partial charge is 0.759 e. The summed E-state index contributed by atoms with van der Waals surface area (Å²) in [5.41, 5.74) is 2.98. The van der Waals surface area contributed by atoms with Crippen LogP contribution in [-0.4, -0.2) is 88.4 Å². The summed E-state index contributed by atoms with van der Waals surface area (Å²) in [5.74, 6) is 3.17. The van der Waals surface area contributed by atoms with Crippen molar-refractivity contribution in [3.63, 3.8) is 0 Å². The van der Waals surface area contributed by atoms with E-state index in [1.807, 2.05) is 12.1 Å². The summed E-state index contributed by atoms with van der Waals surface area (Å²) in [6.45, 7) is 28.9. The lowest BCUT2D eigenvalue weighted by Crippen LogP contribution is -3.25. The Morgan fingerprint density at radius 2 is 0.836 bits per heavy atom. The zero-order valence-electron chi connectivity index (χ0n) is 36.2. The van der Waals surface area contributed by atoms with Crippen LogP contribution in [0, 0.1) is 0 Å². The van der Waals surface area contributed by atoms with Crippen LogP contribution >= 0.6 is 0 Å². The Morgan fingerprint density at radius 1 is 0.582 bits per heavy atom. The topological polar surface area (TPSA) is 148 Å². The molecule has 2 atom stereocenters. The van der Waals surface area contributed by atoms with Gasteiger partial charge in [0.15, 0.2) is 0 Å². The molecule has 0 amide bonds. The molecule has 4 N–H and O–H groups in total. The molecule has 0 spiro atoms. The fourth-order valence-electron chi connectivity index (χ4n) is 8.81. The Balaban J connectivity index is 0.000000338. The molecule has 0 bridgehead atoms. The lowest BCUT2D eigenvalue weighted by molar-refractivity contribution is -0.992. The Morgan fingerprint density at radius 3 is 1.09 bits per heavy atom. The van der Waals surface area contributed by atoms with Crippen LogP contribution in [0.3, 0.4) is 0 Å². The molecule has 55 heavy (non-hydrogen) atoms. The zero-order chi connectivity index (χ0) is 41.8. The minimum absolute atomic E-state index is 0.0843. The molecule has 0 radical (unpaired) electrons. The van der Waals surface area contributed by atoms with E-state index in [2.05, 4.69) is 119 Å². The third kappa shape index (κ3) is 18.3. The van der Waals surface area contributed by atoms with Gasteiger partial charge in [0, 0.05) is 10.4 Å². The third-order valence-corrected chi connectivity index (χ3v) is 10.8. The number of aliphatic hydroxyl groups is 2. The van der Waals surface area contributed by atoms with E-state index in [4.69, 9.17) is 27.0 Å². The van der Waals surface area contributed by atoms with Gasteiger partial charge in [-0.25, -0.2) is 0 Å². The Kier molecular flexibility index (Phi) is 18.6. The number of quaternary nitrogens is 2. The van der Waals surface area contributed by atoms with Crippen LogP contribution in [0.1, 0.15) is 157 Å². The van der Waals surface area contributed by atoms with E-state index >= 15 is 0 Å². The van der Waals surface area contributed by atoms with Crippen LogP contribution in [0.5, 0.6) is 11.5 Å². The van der Waals surface area contributed by atoms with Crippen LogP contribution in [0.4, 0.5) is 0 Å². The maximum Gasteiger partial charge on any atom is 0.137 e. The van der Waals surface area contributed by atoms with Crippen LogP contribution < -0.4 is 19.3 Å². The van der Waals surface area contributed by atoms with Gasteiger partial charge >= 0.3 is 0 Å². The van der Waals surface area contributed by atoms with E-state index < -0.39 is 22.6 Å². The van der Waals surface area contributed by atoms with Crippen LogP contribution in [-0.2, 0) is 10.4 Å². The van der Waals surface area contributed by atoms with Crippen molar-refractivity contribution in [3.05, 3.63) is 59.7 Å². The fourth-order valence-corrected chi connectivity index (χ4v) is 8.81. The minimum atomic E-state index is -5.17. The highest BCUT2D eigenvalue weighted by molar-refractivity contribution is 7.79. The monoisotopic (exact) mass is 793 g/mol. The maximum atomic E-state index is 10.6. The zero-order valence-corrected chi connectivity index (χ0v) is 37.0. The molecule has 4 rings (SSSR count). The molecule has 2 aromatic carbocycles. The fraction of sp³-hybridized carbons (Fsp3) is 0.727. The number of nitrogens with one attached hydrogen (secondary N) is 2. The van der Waals surface area contributed by atoms with E-state index in [-0.39, 0.29) is 22.2 Å². The number of rotatable bonds is 12. The first-order valence-corrected chi connectivity index (χ1v) is 21.7. The van der Waals surface area contributed by atoms with Gasteiger partial charge in [-0.15, -0.1) is 0 Å². The van der Waals surface area contributed by atoms with Gasteiger partial charge in [-0.3, -0.25) is 8.42 Å². The number of hydrogen-bond acceptors (Lipinski definition) is 8. The van der Waals surface area contributed by atoms with Crippen molar-refractivity contribution in [2.24, 2.45) is 0 Å². The first-order valence-electron chi connectivity index (χ1n) is 20.4. The molecule has 2 fully saturated rings. The minimum Gasteiger partial charge on any atom is -0.759 e. The third-order valence-electron chi connectivity index (χ3n) is 10.8. The normalized spacial score (nSPS) is 17.3. The predicted molar refractivity (Wildman–Crippen MR) is 219 cm³/mol. The summed E-state index contributed by atoms with van der Waals surface area (Å²) in [5, 5.41) is 21.2. The summed E-state index contributed by atoms with van der Waals surface area (Å²) in [7, 11) is -5.17. The molecule has 11 heteroatoms. The lowest BCUT2D eigenvalue weighted by atomic mass is 9.95. The standard InChI is InChI=1S/2C22H37NO2.H2O4S/c2*1-21(2,3)23(22(4,5)6)15-18(24)16-25-20-14-10-9-13-19(20)17-11-7-8-12-17;1-5(2,3)4/h2*9-10,13-14,17-18,24H,7-8,11-12,15-16H2,1-6H3;(H2,1,2,3,4). The molecule has 0 aliphatic heterocycles. The smallest absolute Gasteiger partial charge is 0.137 e. The van der Waals surface area contributed by atoms with E-state index in [1.165, 1.54) is 72.3 Å². The molecule has 0 aromatic heterocycles. The summed E-state index contributed by atoms with van der Waals surface area (Å²) >= 11 is 0. The highest BCUT2D eigenvalue weighted by Crippen LogP contribution is 2.39. The molecule has 2 aliphatic carbocycles. The molecule has 316 valence electrons. The van der Waals surface area contributed by atoms with E-state index in [9.17, 15) is 10.2 Å². The SMILES string of the molecule is CC(C)(C)[NH+](CC(O)COc1ccccc1C1CCCC1)C(C)(C)C.CC(C)(C)[NH+](CC(O)COc1ccccc1C1CCCC1)C(C)(C)C.O=S(=O)([O-])[O-]. The first-order chi connectivity index (χ1) is 25.2. The van der Waals surface area contributed by atoms with Crippen molar-refractivity contribution in [2.45, 2.75) is 181 Å². The molecule has 0 heterocycles. The van der Waals surface area contributed by atoms with Crippen LogP contribution in [0.15, 0.2) is 48.5 Å². The average Bonchev–Trinajstić information content (AvgIpc) is 3.78. The van der Waals surface area contributed by atoms with Crippen LogP contribution in [0.2, 0.25) is 0 Å². The van der Waals surface area contributed by atoms with Gasteiger partial charge in [0.1, 0.15) is 50.0 Å². The van der Waals surface area contributed by atoms with Gasteiger partial charge in [-0.05, 0) is 144 Å². The van der Waals surface area contributed by atoms with Gasteiger partial charge in [-0.2, -0.15) is 0 Å². The molecular formula is C44H76N2O8S. The second-order valence-corrected chi connectivity index (χ2v) is 20.6. The van der Waals surface area contributed by atoms with Gasteiger partial charge in [0.2, 0.25) is 0 Å². The van der Waals surface area contributed by atoms with Gasteiger partial charge in [0.05, 0.1) is 22.2 Å². The van der Waals surface area contributed by atoms with Crippen molar-refractivity contribution in [1.82, 2.24) is 0 Å². The predicted octanol–water partition coefficient (Wildman–Crippen LogP) is 5.79. The molecule has 0 saturated heterocycles. The molecule has 2 saturated carbocycles. The quantitative estimate of drug-likeness (QED) is 0.156. The lowest BCUT2D eigenvalue weighted by Gasteiger charge is -2.43. The summed E-state index contributed by atoms with van der Waals surface area (Å²) in [6.07, 6.45) is 9.37. The Hall–Kier alpha value is -2.25. The molecule has 2 aromatic rings. The highest BCUT2D eigenvalue weighted by Gasteiger charge is 2.38. The average molecular weight is 793 g/mol. The molecule has 2 aliphatic rings. The maximum absolute atomic E-state index is 10.6. The Labute approximate surface area is 334 Å². The van der Waals surface area contributed by atoms with E-state index in [1.54, 1.807) is 0 Å². The molecular weight excluding hydrogens is 717 g/mol. The van der Waals surface area contributed by atoms with Crippen molar-refractivity contribution >= 4 is 10.4 Å². The van der Waals surface area contributed by atoms with E-state index in [0.717, 1.165) is 11.5 Å².